The average molecular weight is 448 g/mol. The molecule has 1 aliphatic heterocycles. The number of carbonyl (C=O) groups excluding carboxylic acids is 2. The Kier molecular flexibility index (Phi) is 6.67. The van der Waals surface area contributed by atoms with Gasteiger partial charge >= 0.3 is 0 Å². The largest absolute Gasteiger partial charge is 0.355 e. The van der Waals surface area contributed by atoms with Crippen molar-refractivity contribution < 1.29 is 9.59 Å². The van der Waals surface area contributed by atoms with Crippen molar-refractivity contribution in [2.45, 2.75) is 32.7 Å². The predicted molar refractivity (Wildman–Crippen MR) is 127 cm³/mol. The zero-order valence-electron chi connectivity index (χ0n) is 19.3. The van der Waals surface area contributed by atoms with Gasteiger partial charge in [0.25, 0.3) is 5.91 Å². The number of aromatic nitrogens is 4. The topological polar surface area (TPSA) is 87.5 Å². The van der Waals surface area contributed by atoms with E-state index in [0.717, 1.165) is 18.8 Å². The molecular weight excluding hydrogens is 418 g/mol. The molecule has 9 heteroatoms. The monoisotopic (exact) mass is 447 g/mol. The van der Waals surface area contributed by atoms with E-state index < -0.39 is 0 Å². The van der Waals surface area contributed by atoms with Gasteiger partial charge in [-0.1, -0.05) is 25.1 Å². The lowest BCUT2D eigenvalue weighted by molar-refractivity contribution is -0.118. The summed E-state index contributed by atoms with van der Waals surface area (Å²) in [6.45, 7) is 5.91. The first kappa shape index (κ1) is 22.4. The second kappa shape index (κ2) is 9.81. The summed E-state index contributed by atoms with van der Waals surface area (Å²) < 4.78 is 0. The molecule has 0 bridgehead atoms. The van der Waals surface area contributed by atoms with Crippen LogP contribution in [0.25, 0.3) is 5.69 Å². The van der Waals surface area contributed by atoms with Crippen molar-refractivity contribution in [2.24, 2.45) is 0 Å². The molecule has 1 atom stereocenters. The molecule has 1 fully saturated rings. The molecular formula is C24H29N7O2. The molecule has 1 aromatic carbocycles. The summed E-state index contributed by atoms with van der Waals surface area (Å²) in [5.41, 5.74) is 1.24. The van der Waals surface area contributed by atoms with Crippen LogP contribution in [0.1, 0.15) is 37.0 Å². The van der Waals surface area contributed by atoms with Gasteiger partial charge < -0.3 is 9.80 Å². The summed E-state index contributed by atoms with van der Waals surface area (Å²) in [5, 5.41) is 8.39. The minimum Gasteiger partial charge on any atom is -0.355 e. The van der Waals surface area contributed by atoms with Gasteiger partial charge in [0.05, 0.1) is 23.6 Å². The zero-order valence-corrected chi connectivity index (χ0v) is 19.3. The second-order valence-corrected chi connectivity index (χ2v) is 8.12. The highest BCUT2D eigenvalue weighted by Crippen LogP contribution is 2.23. The average Bonchev–Trinajstić information content (AvgIpc) is 3.32. The molecule has 2 amide bonds. The number of rotatable bonds is 5. The van der Waals surface area contributed by atoms with Gasteiger partial charge in [0, 0.05) is 39.1 Å². The van der Waals surface area contributed by atoms with Crippen LogP contribution in [0, 0.1) is 0 Å². The van der Waals surface area contributed by atoms with E-state index in [4.69, 9.17) is 4.98 Å². The Balaban J connectivity index is 1.53. The fourth-order valence-corrected chi connectivity index (χ4v) is 4.05. The van der Waals surface area contributed by atoms with Crippen molar-refractivity contribution in [1.29, 1.82) is 0 Å². The zero-order chi connectivity index (χ0) is 23.4. The minimum absolute atomic E-state index is 0.0197. The SMILES string of the molecule is CCC(=O)N(C)c1cccc(N2CCC(C)N(C(=O)c3ccccc3-n3nccn3)CC2)n1. The van der Waals surface area contributed by atoms with Crippen LogP contribution in [0.2, 0.25) is 0 Å². The van der Waals surface area contributed by atoms with Crippen LogP contribution in [0.5, 0.6) is 0 Å². The van der Waals surface area contributed by atoms with E-state index in [9.17, 15) is 9.59 Å². The van der Waals surface area contributed by atoms with E-state index in [2.05, 4.69) is 22.0 Å². The number of anilines is 2. The number of carbonyl (C=O) groups is 2. The Hall–Kier alpha value is -3.75. The summed E-state index contributed by atoms with van der Waals surface area (Å²) in [7, 11) is 1.74. The molecule has 33 heavy (non-hydrogen) atoms. The van der Waals surface area contributed by atoms with Gasteiger partial charge in [-0.2, -0.15) is 15.0 Å². The van der Waals surface area contributed by atoms with E-state index in [1.165, 1.54) is 4.80 Å². The molecule has 2 aromatic heterocycles. The molecule has 0 N–H and O–H groups in total. The molecule has 1 aliphatic rings. The standard InChI is InChI=1S/C24H29N7O2/c1-4-23(32)28(3)21-10-7-11-22(27-21)29-15-12-18(2)30(17-16-29)24(33)19-8-5-6-9-20(19)31-25-13-14-26-31/h5-11,13-14,18H,4,12,15-17H2,1-3H3. The number of amides is 2. The van der Waals surface area contributed by atoms with Gasteiger partial charge in [-0.25, -0.2) is 4.98 Å². The quantitative estimate of drug-likeness (QED) is 0.598. The van der Waals surface area contributed by atoms with Crippen molar-refractivity contribution in [3.05, 3.63) is 60.4 Å². The molecule has 0 saturated carbocycles. The van der Waals surface area contributed by atoms with Gasteiger partial charge in [0.15, 0.2) is 0 Å². The number of hydrogen-bond donors (Lipinski definition) is 0. The van der Waals surface area contributed by atoms with Crippen LogP contribution >= 0.6 is 0 Å². The third kappa shape index (κ3) is 4.72. The first-order valence-electron chi connectivity index (χ1n) is 11.2. The van der Waals surface area contributed by atoms with Crippen LogP contribution in [0.3, 0.4) is 0 Å². The van der Waals surface area contributed by atoms with Gasteiger partial charge in [0.1, 0.15) is 11.6 Å². The highest BCUT2D eigenvalue weighted by atomic mass is 16.2. The summed E-state index contributed by atoms with van der Waals surface area (Å²) in [4.78, 5) is 37.5. The molecule has 0 radical (unpaired) electrons. The van der Waals surface area contributed by atoms with Gasteiger partial charge in [0.2, 0.25) is 5.91 Å². The summed E-state index contributed by atoms with van der Waals surface area (Å²) in [6.07, 6.45) is 4.43. The maximum Gasteiger partial charge on any atom is 0.256 e. The lowest BCUT2D eigenvalue weighted by atomic mass is 10.1. The van der Waals surface area contributed by atoms with Gasteiger partial charge in [-0.05, 0) is 37.6 Å². The first-order valence-corrected chi connectivity index (χ1v) is 11.2. The van der Waals surface area contributed by atoms with Crippen LogP contribution in [-0.4, -0.2) is 69.4 Å². The van der Waals surface area contributed by atoms with E-state index >= 15 is 0 Å². The Morgan fingerprint density at radius 1 is 1.03 bits per heavy atom. The Bertz CT molecular complexity index is 1120. The van der Waals surface area contributed by atoms with Crippen molar-refractivity contribution in [3.8, 4) is 5.69 Å². The fourth-order valence-electron chi connectivity index (χ4n) is 4.05. The van der Waals surface area contributed by atoms with Crippen molar-refractivity contribution in [1.82, 2.24) is 24.9 Å². The molecule has 3 heterocycles. The molecule has 1 unspecified atom stereocenters. The maximum absolute atomic E-state index is 13.6. The van der Waals surface area contributed by atoms with Crippen LogP contribution < -0.4 is 9.80 Å². The Labute approximate surface area is 193 Å². The van der Waals surface area contributed by atoms with Crippen molar-refractivity contribution >= 4 is 23.5 Å². The molecule has 172 valence electrons. The summed E-state index contributed by atoms with van der Waals surface area (Å²) >= 11 is 0. The molecule has 3 aromatic rings. The smallest absolute Gasteiger partial charge is 0.256 e. The maximum atomic E-state index is 13.6. The third-order valence-corrected chi connectivity index (χ3v) is 6.05. The lowest BCUT2D eigenvalue weighted by Crippen LogP contribution is -2.40. The predicted octanol–water partition coefficient (Wildman–Crippen LogP) is 2.78. The van der Waals surface area contributed by atoms with E-state index in [-0.39, 0.29) is 17.9 Å². The van der Waals surface area contributed by atoms with E-state index in [0.29, 0.717) is 36.6 Å². The van der Waals surface area contributed by atoms with Crippen molar-refractivity contribution in [2.75, 3.05) is 36.5 Å². The first-order chi connectivity index (χ1) is 16.0. The van der Waals surface area contributed by atoms with Crippen molar-refractivity contribution in [3.63, 3.8) is 0 Å². The number of pyridine rings is 1. The molecule has 4 rings (SSSR count). The third-order valence-electron chi connectivity index (χ3n) is 6.05. The molecule has 1 saturated heterocycles. The van der Waals surface area contributed by atoms with E-state index in [1.54, 1.807) is 24.3 Å². The number of nitrogens with zero attached hydrogens (tertiary/aromatic N) is 7. The summed E-state index contributed by atoms with van der Waals surface area (Å²) in [6, 6.07) is 13.2. The number of para-hydroxylation sites is 1. The highest BCUT2D eigenvalue weighted by Gasteiger charge is 2.28. The number of benzene rings is 1. The second-order valence-electron chi connectivity index (χ2n) is 8.12. The minimum atomic E-state index is -0.0350. The normalized spacial score (nSPS) is 16.4. The Morgan fingerprint density at radius 3 is 2.55 bits per heavy atom. The molecule has 0 aliphatic carbocycles. The lowest BCUT2D eigenvalue weighted by Gasteiger charge is -2.27. The molecule has 0 spiro atoms. The van der Waals surface area contributed by atoms with E-state index in [1.807, 2.05) is 54.3 Å². The summed E-state index contributed by atoms with van der Waals surface area (Å²) in [5.74, 6) is 1.43. The highest BCUT2D eigenvalue weighted by molar-refractivity contribution is 5.98. The van der Waals surface area contributed by atoms with Crippen LogP contribution in [-0.2, 0) is 4.79 Å². The van der Waals surface area contributed by atoms with Gasteiger partial charge in [-0.15, -0.1) is 0 Å². The van der Waals surface area contributed by atoms with Crippen LogP contribution in [0.4, 0.5) is 11.6 Å². The van der Waals surface area contributed by atoms with Crippen LogP contribution in [0.15, 0.2) is 54.9 Å². The number of hydrogen-bond acceptors (Lipinski definition) is 6. The molecule has 9 nitrogen and oxygen atoms in total. The fraction of sp³-hybridized carbons (Fsp3) is 0.375. The Morgan fingerprint density at radius 2 is 1.79 bits per heavy atom. The van der Waals surface area contributed by atoms with Gasteiger partial charge in [-0.3, -0.25) is 14.5 Å².